The van der Waals surface area contributed by atoms with E-state index in [0.717, 1.165) is 16.7 Å². The Morgan fingerprint density at radius 3 is 2.83 bits per heavy atom. The van der Waals surface area contributed by atoms with Crippen LogP contribution in [0.1, 0.15) is 24.1 Å². The van der Waals surface area contributed by atoms with Crippen molar-refractivity contribution < 1.29 is 18.4 Å². The highest BCUT2D eigenvalue weighted by molar-refractivity contribution is 6.03. The maximum absolute atomic E-state index is 12.9. The SMILES string of the molecule is Cc1cc(Nc2nccc(C(F)F)n2)cc(-c2cnn(C[C@@H]3CC(=O)NC3=O)c2)c1. The summed E-state index contributed by atoms with van der Waals surface area (Å²) in [6.07, 6.45) is 2.22. The van der Waals surface area contributed by atoms with Gasteiger partial charge in [0.15, 0.2) is 0 Å². The molecule has 3 aromatic rings. The second-order valence-corrected chi connectivity index (χ2v) is 7.08. The van der Waals surface area contributed by atoms with Gasteiger partial charge in [-0.25, -0.2) is 18.7 Å². The lowest BCUT2D eigenvalue weighted by atomic mass is 10.1. The summed E-state index contributed by atoms with van der Waals surface area (Å²) in [5.41, 5.74) is 2.89. The number of nitrogens with one attached hydrogen (secondary N) is 2. The summed E-state index contributed by atoms with van der Waals surface area (Å²) < 4.78 is 27.3. The van der Waals surface area contributed by atoms with Crippen LogP contribution in [0.3, 0.4) is 0 Å². The van der Waals surface area contributed by atoms with E-state index in [9.17, 15) is 18.4 Å². The third kappa shape index (κ3) is 4.32. The molecule has 0 bridgehead atoms. The van der Waals surface area contributed by atoms with E-state index in [1.807, 2.05) is 25.1 Å². The lowest BCUT2D eigenvalue weighted by Crippen LogP contribution is -2.24. The minimum absolute atomic E-state index is 0.0805. The molecular formula is C20H18F2N6O2. The minimum Gasteiger partial charge on any atom is -0.324 e. The normalized spacial score (nSPS) is 16.2. The van der Waals surface area contributed by atoms with Gasteiger partial charge in [-0.2, -0.15) is 5.10 Å². The van der Waals surface area contributed by atoms with Crippen molar-refractivity contribution in [2.75, 3.05) is 5.32 Å². The van der Waals surface area contributed by atoms with Gasteiger partial charge in [-0.15, -0.1) is 0 Å². The van der Waals surface area contributed by atoms with E-state index in [1.165, 1.54) is 12.3 Å². The average Bonchev–Trinajstić information content (AvgIpc) is 3.28. The molecule has 0 aliphatic carbocycles. The molecule has 30 heavy (non-hydrogen) atoms. The number of imide groups is 1. The number of aryl methyl sites for hydroxylation is 1. The molecule has 10 heteroatoms. The first-order valence-electron chi connectivity index (χ1n) is 9.24. The number of anilines is 2. The molecule has 154 valence electrons. The van der Waals surface area contributed by atoms with E-state index < -0.39 is 12.3 Å². The van der Waals surface area contributed by atoms with Gasteiger partial charge in [0.25, 0.3) is 6.43 Å². The molecule has 1 aliphatic heterocycles. The number of carbonyl (C=O) groups is 2. The number of halogens is 2. The number of benzene rings is 1. The largest absolute Gasteiger partial charge is 0.324 e. The molecule has 1 aromatic carbocycles. The van der Waals surface area contributed by atoms with Crippen molar-refractivity contribution in [3.63, 3.8) is 0 Å². The van der Waals surface area contributed by atoms with Gasteiger partial charge in [0.2, 0.25) is 17.8 Å². The first-order valence-corrected chi connectivity index (χ1v) is 9.24. The number of amides is 2. The predicted molar refractivity (Wildman–Crippen MR) is 104 cm³/mol. The maximum Gasteiger partial charge on any atom is 0.280 e. The molecule has 2 aromatic heterocycles. The Balaban J connectivity index is 1.54. The molecule has 0 spiro atoms. The van der Waals surface area contributed by atoms with Crippen molar-refractivity contribution in [2.24, 2.45) is 5.92 Å². The summed E-state index contributed by atoms with van der Waals surface area (Å²) in [6.45, 7) is 2.22. The molecule has 0 saturated carbocycles. The Bertz CT molecular complexity index is 1110. The highest BCUT2D eigenvalue weighted by atomic mass is 19.3. The molecule has 2 N–H and O–H groups in total. The molecule has 8 nitrogen and oxygen atoms in total. The van der Waals surface area contributed by atoms with Crippen LogP contribution in [0.25, 0.3) is 11.1 Å². The Labute approximate surface area is 170 Å². The molecule has 2 amide bonds. The Morgan fingerprint density at radius 1 is 1.27 bits per heavy atom. The van der Waals surface area contributed by atoms with E-state index in [-0.39, 0.29) is 29.9 Å². The number of alkyl halides is 2. The van der Waals surface area contributed by atoms with Crippen LogP contribution in [0.2, 0.25) is 0 Å². The van der Waals surface area contributed by atoms with Gasteiger partial charge < -0.3 is 5.32 Å². The van der Waals surface area contributed by atoms with Gasteiger partial charge in [0.1, 0.15) is 5.69 Å². The van der Waals surface area contributed by atoms with Crippen molar-refractivity contribution in [1.82, 2.24) is 25.1 Å². The zero-order valence-corrected chi connectivity index (χ0v) is 16.0. The molecule has 4 rings (SSSR count). The third-order valence-corrected chi connectivity index (χ3v) is 4.67. The summed E-state index contributed by atoms with van der Waals surface area (Å²) in [4.78, 5) is 30.9. The second kappa shape index (κ2) is 7.97. The van der Waals surface area contributed by atoms with Gasteiger partial charge >= 0.3 is 0 Å². The van der Waals surface area contributed by atoms with Crippen LogP contribution in [0.5, 0.6) is 0 Å². The number of nitrogens with zero attached hydrogens (tertiary/aromatic N) is 4. The van der Waals surface area contributed by atoms with Crippen LogP contribution >= 0.6 is 0 Å². The summed E-state index contributed by atoms with van der Waals surface area (Å²) in [6, 6.07) is 6.80. The molecule has 0 unspecified atom stereocenters. The van der Waals surface area contributed by atoms with Crippen molar-refractivity contribution in [2.45, 2.75) is 26.3 Å². The van der Waals surface area contributed by atoms with Crippen molar-refractivity contribution in [1.29, 1.82) is 0 Å². The maximum atomic E-state index is 12.9. The summed E-state index contributed by atoms with van der Waals surface area (Å²) >= 11 is 0. The van der Waals surface area contributed by atoms with Crippen molar-refractivity contribution >= 4 is 23.5 Å². The summed E-state index contributed by atoms with van der Waals surface area (Å²) in [5, 5.41) is 9.53. The third-order valence-electron chi connectivity index (χ3n) is 4.67. The van der Waals surface area contributed by atoms with E-state index in [4.69, 9.17) is 0 Å². The van der Waals surface area contributed by atoms with Crippen LogP contribution in [0.15, 0.2) is 42.9 Å². The van der Waals surface area contributed by atoms with Crippen LogP contribution in [-0.2, 0) is 16.1 Å². The average molecular weight is 412 g/mol. The number of aromatic nitrogens is 4. The first-order chi connectivity index (χ1) is 14.4. The predicted octanol–water partition coefficient (Wildman–Crippen LogP) is 2.99. The zero-order chi connectivity index (χ0) is 21.3. The van der Waals surface area contributed by atoms with Crippen LogP contribution in [-0.4, -0.2) is 31.6 Å². The lowest BCUT2D eigenvalue weighted by Gasteiger charge is -2.09. The first kappa shape index (κ1) is 19.6. The van der Waals surface area contributed by atoms with E-state index >= 15 is 0 Å². The Hall–Kier alpha value is -3.69. The summed E-state index contributed by atoms with van der Waals surface area (Å²) in [7, 11) is 0. The van der Waals surface area contributed by atoms with E-state index in [0.29, 0.717) is 12.2 Å². The topological polar surface area (TPSA) is 102 Å². The van der Waals surface area contributed by atoms with Crippen LogP contribution in [0, 0.1) is 12.8 Å². The molecule has 1 aliphatic rings. The number of carbonyl (C=O) groups excluding carboxylic acids is 2. The highest BCUT2D eigenvalue weighted by Gasteiger charge is 2.30. The lowest BCUT2D eigenvalue weighted by molar-refractivity contribution is -0.125. The number of hydrogen-bond acceptors (Lipinski definition) is 6. The van der Waals surface area contributed by atoms with Gasteiger partial charge in [0.05, 0.1) is 18.7 Å². The quantitative estimate of drug-likeness (QED) is 0.604. The number of rotatable bonds is 6. The molecule has 1 saturated heterocycles. The molecule has 3 heterocycles. The Morgan fingerprint density at radius 2 is 2.10 bits per heavy atom. The second-order valence-electron chi connectivity index (χ2n) is 7.08. The smallest absolute Gasteiger partial charge is 0.280 e. The van der Waals surface area contributed by atoms with E-state index in [1.54, 1.807) is 17.1 Å². The standard InChI is InChI=1S/C20H18F2N6O2/c1-11-4-12(6-15(5-11)25-20-23-3-2-16(26-20)18(21)22)14-8-24-28(10-14)9-13-7-17(29)27-19(13)30/h2-6,8,10,13,18H,7,9H2,1H3,(H,23,25,26)(H,27,29,30)/t13-/m0/s1. The summed E-state index contributed by atoms with van der Waals surface area (Å²) in [5.74, 6) is -0.911. The fourth-order valence-corrected chi connectivity index (χ4v) is 3.30. The Kier molecular flexibility index (Phi) is 5.21. The van der Waals surface area contributed by atoms with Gasteiger partial charge in [-0.1, -0.05) is 6.07 Å². The van der Waals surface area contributed by atoms with Crippen molar-refractivity contribution in [3.8, 4) is 11.1 Å². The highest BCUT2D eigenvalue weighted by Crippen LogP contribution is 2.27. The van der Waals surface area contributed by atoms with Crippen LogP contribution < -0.4 is 10.6 Å². The number of hydrogen-bond donors (Lipinski definition) is 2. The molecular weight excluding hydrogens is 394 g/mol. The minimum atomic E-state index is -2.68. The van der Waals surface area contributed by atoms with Crippen LogP contribution in [0.4, 0.5) is 20.4 Å². The fourth-order valence-electron chi connectivity index (χ4n) is 3.30. The van der Waals surface area contributed by atoms with Gasteiger partial charge in [0, 0.05) is 30.1 Å². The van der Waals surface area contributed by atoms with Gasteiger partial charge in [-0.3, -0.25) is 19.6 Å². The van der Waals surface area contributed by atoms with E-state index in [2.05, 4.69) is 25.7 Å². The molecule has 1 fully saturated rings. The molecule has 1 atom stereocenters. The van der Waals surface area contributed by atoms with Crippen molar-refractivity contribution in [3.05, 3.63) is 54.1 Å². The van der Waals surface area contributed by atoms with Gasteiger partial charge in [-0.05, 0) is 36.2 Å². The molecule has 0 radical (unpaired) electrons. The monoisotopic (exact) mass is 412 g/mol. The fraction of sp³-hybridized carbons (Fsp3) is 0.250. The zero-order valence-electron chi connectivity index (χ0n) is 16.0.